The highest BCUT2D eigenvalue weighted by molar-refractivity contribution is 5.67. The molecule has 7 nitrogen and oxygen atoms in total. The Labute approximate surface area is 123 Å². The first-order chi connectivity index (χ1) is 10.0. The number of rotatable bonds is 3. The van der Waals surface area contributed by atoms with Gasteiger partial charge in [0.25, 0.3) is 0 Å². The van der Waals surface area contributed by atoms with Crippen LogP contribution in [-0.4, -0.2) is 48.7 Å². The van der Waals surface area contributed by atoms with Crippen molar-refractivity contribution in [2.45, 2.75) is 58.0 Å². The quantitative estimate of drug-likeness (QED) is 0.566. The van der Waals surface area contributed by atoms with Gasteiger partial charge in [-0.2, -0.15) is 13.2 Å². The van der Waals surface area contributed by atoms with Crippen LogP contribution in [-0.2, 0) is 33.3 Å². The summed E-state index contributed by atoms with van der Waals surface area (Å²) in [5, 5.41) is 0. The van der Waals surface area contributed by atoms with Crippen LogP contribution in [0.2, 0.25) is 0 Å². The third-order valence-electron chi connectivity index (χ3n) is 2.63. The summed E-state index contributed by atoms with van der Waals surface area (Å²) < 4.78 is 57.8. The van der Waals surface area contributed by atoms with Gasteiger partial charge in [-0.1, -0.05) is 0 Å². The molecule has 0 aromatic rings. The summed E-state index contributed by atoms with van der Waals surface area (Å²) in [6.45, 7) is 2.89. The molecule has 0 bridgehead atoms. The topological polar surface area (TPSA) is 88.1 Å². The molecule has 126 valence electrons. The molecule has 1 aliphatic rings. The lowest BCUT2D eigenvalue weighted by Crippen LogP contribution is -2.57. The Hall–Kier alpha value is -1.84. The molecular weight excluding hydrogens is 313 g/mol. The number of hydrogen-bond acceptors (Lipinski definition) is 7. The first kappa shape index (κ1) is 18.2. The third-order valence-corrected chi connectivity index (χ3v) is 2.63. The van der Waals surface area contributed by atoms with Crippen LogP contribution < -0.4 is 0 Å². The van der Waals surface area contributed by atoms with Crippen molar-refractivity contribution in [3.8, 4) is 0 Å². The van der Waals surface area contributed by atoms with E-state index < -0.39 is 48.7 Å². The molecule has 1 aliphatic heterocycles. The molecule has 22 heavy (non-hydrogen) atoms. The molecule has 4 atom stereocenters. The molecule has 0 aromatic carbocycles. The van der Waals surface area contributed by atoms with Crippen molar-refractivity contribution in [2.24, 2.45) is 0 Å². The van der Waals surface area contributed by atoms with Crippen LogP contribution in [0, 0.1) is 0 Å². The maximum Gasteiger partial charge on any atom is 0.418 e. The van der Waals surface area contributed by atoms with Gasteiger partial charge in [0.1, 0.15) is 6.10 Å². The lowest BCUT2D eigenvalue weighted by molar-refractivity contribution is -0.324. The molecule has 10 heteroatoms. The summed E-state index contributed by atoms with van der Waals surface area (Å²) in [5.41, 5.74) is 0. The molecule has 1 rings (SSSR count). The van der Waals surface area contributed by atoms with Gasteiger partial charge in [0, 0.05) is 20.8 Å². The molecule has 0 radical (unpaired) electrons. The van der Waals surface area contributed by atoms with Crippen molar-refractivity contribution in [1.29, 1.82) is 0 Å². The minimum Gasteiger partial charge on any atom is -0.458 e. The summed E-state index contributed by atoms with van der Waals surface area (Å²) in [7, 11) is 0. The van der Waals surface area contributed by atoms with E-state index in [1.807, 2.05) is 0 Å². The smallest absolute Gasteiger partial charge is 0.418 e. The molecule has 0 unspecified atom stereocenters. The molecular formula is C12H15F3O7. The molecule has 0 aliphatic carbocycles. The highest BCUT2D eigenvalue weighted by Gasteiger charge is 2.56. The van der Waals surface area contributed by atoms with Crippen molar-refractivity contribution in [3.63, 3.8) is 0 Å². The Morgan fingerprint density at radius 3 is 1.86 bits per heavy atom. The zero-order chi connectivity index (χ0) is 17.1. The van der Waals surface area contributed by atoms with Crippen LogP contribution in [0.1, 0.15) is 27.2 Å². The van der Waals surface area contributed by atoms with E-state index in [4.69, 9.17) is 4.74 Å². The van der Waals surface area contributed by atoms with Crippen LogP contribution >= 0.6 is 0 Å². The van der Waals surface area contributed by atoms with Crippen LogP contribution in [0.5, 0.6) is 0 Å². The van der Waals surface area contributed by atoms with E-state index in [2.05, 4.69) is 14.2 Å². The van der Waals surface area contributed by atoms with Gasteiger partial charge in [0.05, 0.1) is 6.42 Å². The SMILES string of the molecule is CC(=O)O[C@@H]1C[C@@H](OC(C)=O)[C@@H](OC(C)=O)[C@@H](C(F)(F)F)O1. The van der Waals surface area contributed by atoms with Gasteiger partial charge in [0.15, 0.2) is 12.2 Å². The first-order valence-corrected chi connectivity index (χ1v) is 6.24. The maximum atomic E-state index is 13.1. The Morgan fingerprint density at radius 1 is 0.955 bits per heavy atom. The lowest BCUT2D eigenvalue weighted by Gasteiger charge is -2.40. The fourth-order valence-corrected chi connectivity index (χ4v) is 2.00. The number of carbonyl (C=O) groups is 3. The Morgan fingerprint density at radius 2 is 1.45 bits per heavy atom. The monoisotopic (exact) mass is 328 g/mol. The third kappa shape index (κ3) is 5.17. The summed E-state index contributed by atoms with van der Waals surface area (Å²) in [4.78, 5) is 32.9. The van der Waals surface area contributed by atoms with E-state index in [1.54, 1.807) is 0 Å². The molecule has 1 heterocycles. The van der Waals surface area contributed by atoms with Crippen molar-refractivity contribution in [2.75, 3.05) is 0 Å². The number of ether oxygens (including phenoxy) is 4. The predicted octanol–water partition coefficient (Wildman–Crippen LogP) is 1.09. The highest BCUT2D eigenvalue weighted by atomic mass is 19.4. The van der Waals surface area contributed by atoms with Gasteiger partial charge in [-0.05, 0) is 0 Å². The fourth-order valence-electron chi connectivity index (χ4n) is 2.00. The molecule has 0 spiro atoms. The largest absolute Gasteiger partial charge is 0.458 e. The summed E-state index contributed by atoms with van der Waals surface area (Å²) in [5.74, 6) is -2.73. The molecule has 1 fully saturated rings. The zero-order valence-electron chi connectivity index (χ0n) is 12.0. The molecule has 0 aromatic heterocycles. The first-order valence-electron chi connectivity index (χ1n) is 6.24. The van der Waals surface area contributed by atoms with E-state index >= 15 is 0 Å². The van der Waals surface area contributed by atoms with E-state index in [0.717, 1.165) is 20.8 Å². The highest BCUT2D eigenvalue weighted by Crippen LogP contribution is 2.36. The zero-order valence-corrected chi connectivity index (χ0v) is 12.0. The van der Waals surface area contributed by atoms with Crippen molar-refractivity contribution in [1.82, 2.24) is 0 Å². The summed E-state index contributed by atoms with van der Waals surface area (Å²) in [6, 6.07) is 0. The molecule has 0 amide bonds. The number of alkyl halides is 3. The van der Waals surface area contributed by atoms with Gasteiger partial charge >= 0.3 is 24.1 Å². The van der Waals surface area contributed by atoms with E-state index in [0.29, 0.717) is 0 Å². The number of hydrogen-bond donors (Lipinski definition) is 0. The standard InChI is InChI=1S/C12H15F3O7/c1-5(16)19-8-4-9(20-6(2)17)22-11(12(13,14)15)10(8)21-7(3)18/h8-11H,4H2,1-3H3/t8-,9+,10-,11+/m1/s1. The Kier molecular flexibility index (Phi) is 5.75. The minimum absolute atomic E-state index is 0.385. The molecule has 1 saturated heterocycles. The fraction of sp³-hybridized carbons (Fsp3) is 0.750. The van der Waals surface area contributed by atoms with Crippen LogP contribution in [0.15, 0.2) is 0 Å². The van der Waals surface area contributed by atoms with Crippen LogP contribution in [0.3, 0.4) is 0 Å². The van der Waals surface area contributed by atoms with Gasteiger partial charge in [0.2, 0.25) is 6.29 Å². The number of halogens is 3. The van der Waals surface area contributed by atoms with Crippen LogP contribution in [0.4, 0.5) is 13.2 Å². The Balaban J connectivity index is 3.07. The molecule has 0 N–H and O–H groups in total. The van der Waals surface area contributed by atoms with Gasteiger partial charge in [-0.15, -0.1) is 0 Å². The minimum atomic E-state index is -4.92. The van der Waals surface area contributed by atoms with E-state index in [-0.39, 0.29) is 6.42 Å². The average molecular weight is 328 g/mol. The number of esters is 3. The Bertz CT molecular complexity index is 448. The lowest BCUT2D eigenvalue weighted by atomic mass is 10.00. The van der Waals surface area contributed by atoms with Crippen molar-refractivity contribution in [3.05, 3.63) is 0 Å². The second-order valence-corrected chi connectivity index (χ2v) is 4.59. The molecule has 0 saturated carbocycles. The second-order valence-electron chi connectivity index (χ2n) is 4.59. The van der Waals surface area contributed by atoms with Gasteiger partial charge in [-0.3, -0.25) is 14.4 Å². The van der Waals surface area contributed by atoms with E-state index in [9.17, 15) is 27.6 Å². The second kappa shape index (κ2) is 6.95. The van der Waals surface area contributed by atoms with Gasteiger partial charge < -0.3 is 18.9 Å². The normalized spacial score (nSPS) is 28.6. The van der Waals surface area contributed by atoms with Crippen LogP contribution in [0.25, 0.3) is 0 Å². The van der Waals surface area contributed by atoms with Crippen molar-refractivity contribution >= 4 is 17.9 Å². The van der Waals surface area contributed by atoms with Gasteiger partial charge in [-0.25, -0.2) is 0 Å². The van der Waals surface area contributed by atoms with E-state index in [1.165, 1.54) is 0 Å². The summed E-state index contributed by atoms with van der Waals surface area (Å²) >= 11 is 0. The van der Waals surface area contributed by atoms with Crippen molar-refractivity contribution < 1.29 is 46.5 Å². The summed E-state index contributed by atoms with van der Waals surface area (Å²) in [6.07, 6.45) is -12.8. The maximum absolute atomic E-state index is 13.1. The number of carbonyl (C=O) groups excluding carboxylic acids is 3. The predicted molar refractivity (Wildman–Crippen MR) is 62.2 cm³/mol. The average Bonchev–Trinajstić information content (AvgIpc) is 2.28.